The lowest BCUT2D eigenvalue weighted by molar-refractivity contribution is 0.627. The van der Waals surface area contributed by atoms with Gasteiger partial charge in [-0.1, -0.05) is 0 Å². The molecule has 0 bridgehead atoms. The van der Waals surface area contributed by atoms with Crippen molar-refractivity contribution in [3.05, 3.63) is 35.6 Å². The van der Waals surface area contributed by atoms with Crippen LogP contribution in [0.5, 0.6) is 0 Å². The lowest BCUT2D eigenvalue weighted by Crippen LogP contribution is -1.75. The van der Waals surface area contributed by atoms with E-state index in [1.54, 1.807) is 6.07 Å². The minimum absolute atomic E-state index is 0.301. The standard InChI is InChI=1S/C7H3FN/c8-7-3-1-2-6(4-7)5-9/h2-4H. The fourth-order valence-corrected chi connectivity index (χ4v) is 0.507. The second kappa shape index (κ2) is 2.27. The molecule has 0 unspecified atom stereocenters. The summed E-state index contributed by atoms with van der Waals surface area (Å²) in [5.41, 5.74) is 0.301. The van der Waals surface area contributed by atoms with E-state index in [1.807, 2.05) is 0 Å². The summed E-state index contributed by atoms with van der Waals surface area (Å²) >= 11 is 0. The zero-order valence-corrected chi connectivity index (χ0v) is 4.56. The molecule has 43 valence electrons. The molecule has 0 amide bonds. The molecule has 0 atom stereocenters. The summed E-state index contributed by atoms with van der Waals surface area (Å²) in [4.78, 5) is 0. The number of rotatable bonds is 0. The summed E-state index contributed by atoms with van der Waals surface area (Å²) in [5.74, 6) is -0.422. The molecular weight excluding hydrogens is 117 g/mol. The van der Waals surface area contributed by atoms with Crippen molar-refractivity contribution < 1.29 is 4.39 Å². The third-order valence-corrected chi connectivity index (χ3v) is 0.883. The average molecular weight is 120 g/mol. The molecule has 1 aromatic rings. The first-order valence-corrected chi connectivity index (χ1v) is 2.39. The van der Waals surface area contributed by atoms with Crippen molar-refractivity contribution >= 4 is 0 Å². The largest absolute Gasteiger partial charge is 0.207 e. The Morgan fingerprint density at radius 3 is 2.78 bits per heavy atom. The Bertz CT molecular complexity index is 249. The molecule has 9 heavy (non-hydrogen) atoms. The van der Waals surface area contributed by atoms with Gasteiger partial charge in [-0.05, 0) is 24.3 Å². The lowest BCUT2D eigenvalue weighted by Gasteiger charge is -1.84. The van der Waals surface area contributed by atoms with Crippen LogP contribution in [-0.4, -0.2) is 0 Å². The molecule has 0 N–H and O–H groups in total. The highest BCUT2D eigenvalue weighted by atomic mass is 19.1. The van der Waals surface area contributed by atoms with Gasteiger partial charge in [0.1, 0.15) is 5.82 Å². The van der Waals surface area contributed by atoms with E-state index in [0.717, 1.165) is 6.07 Å². The molecule has 0 spiro atoms. The first-order chi connectivity index (χ1) is 4.33. The first-order valence-electron chi connectivity index (χ1n) is 2.39. The van der Waals surface area contributed by atoms with Crippen LogP contribution in [0.1, 0.15) is 5.56 Å². The van der Waals surface area contributed by atoms with E-state index in [9.17, 15) is 4.39 Å². The van der Waals surface area contributed by atoms with Crippen LogP contribution in [0.15, 0.2) is 18.2 Å². The average Bonchev–Trinajstić information content (AvgIpc) is 1.88. The number of nitrogens with zero attached hydrogens (tertiary/aromatic N) is 1. The first kappa shape index (κ1) is 5.77. The minimum Gasteiger partial charge on any atom is -0.207 e. The Hall–Kier alpha value is -1.36. The van der Waals surface area contributed by atoms with Crippen molar-refractivity contribution in [1.82, 2.24) is 0 Å². The summed E-state index contributed by atoms with van der Waals surface area (Å²) < 4.78 is 12.2. The fourth-order valence-electron chi connectivity index (χ4n) is 0.507. The van der Waals surface area contributed by atoms with Gasteiger partial charge in [0.05, 0.1) is 11.6 Å². The Balaban J connectivity index is 3.12. The number of hydrogen-bond donors (Lipinski definition) is 0. The second-order valence-corrected chi connectivity index (χ2v) is 1.55. The normalized spacial score (nSPS) is 8.44. The monoisotopic (exact) mass is 120 g/mol. The Labute approximate surface area is 52.4 Å². The molecule has 0 saturated heterocycles. The highest BCUT2D eigenvalue weighted by Gasteiger charge is 1.89. The maximum atomic E-state index is 12.2. The van der Waals surface area contributed by atoms with Crippen molar-refractivity contribution in [2.75, 3.05) is 0 Å². The van der Waals surface area contributed by atoms with Crippen LogP contribution in [0.3, 0.4) is 0 Å². The van der Waals surface area contributed by atoms with Crippen molar-refractivity contribution in [2.24, 2.45) is 0 Å². The highest BCUT2D eigenvalue weighted by molar-refractivity contribution is 5.27. The molecule has 0 aliphatic heterocycles. The number of halogens is 1. The van der Waals surface area contributed by atoms with Gasteiger partial charge in [-0.25, -0.2) is 4.39 Å². The van der Waals surface area contributed by atoms with Crippen LogP contribution >= 0.6 is 0 Å². The van der Waals surface area contributed by atoms with E-state index in [4.69, 9.17) is 5.26 Å². The van der Waals surface area contributed by atoms with Gasteiger partial charge in [-0.3, -0.25) is 0 Å². The summed E-state index contributed by atoms with van der Waals surface area (Å²) in [5, 5.41) is 8.23. The van der Waals surface area contributed by atoms with Crippen LogP contribution in [0, 0.1) is 23.2 Å². The van der Waals surface area contributed by atoms with Crippen molar-refractivity contribution in [3.8, 4) is 6.07 Å². The van der Waals surface area contributed by atoms with Crippen LogP contribution in [-0.2, 0) is 0 Å². The Morgan fingerprint density at radius 1 is 1.56 bits per heavy atom. The molecule has 0 saturated carbocycles. The van der Waals surface area contributed by atoms with E-state index in [-0.39, 0.29) is 0 Å². The van der Waals surface area contributed by atoms with E-state index < -0.39 is 5.82 Å². The van der Waals surface area contributed by atoms with E-state index in [1.165, 1.54) is 12.1 Å². The number of hydrogen-bond acceptors (Lipinski definition) is 1. The second-order valence-electron chi connectivity index (χ2n) is 1.55. The SMILES string of the molecule is N#Cc1c[c]cc(F)c1. The maximum absolute atomic E-state index is 12.2. The molecule has 1 nitrogen and oxygen atoms in total. The summed E-state index contributed by atoms with van der Waals surface area (Å²) in [6.07, 6.45) is 0. The van der Waals surface area contributed by atoms with Gasteiger partial charge in [0.2, 0.25) is 0 Å². The van der Waals surface area contributed by atoms with Gasteiger partial charge < -0.3 is 0 Å². The third kappa shape index (κ3) is 1.26. The summed E-state index contributed by atoms with van der Waals surface area (Å²) in [6, 6.07) is 8.06. The van der Waals surface area contributed by atoms with Crippen molar-refractivity contribution in [3.63, 3.8) is 0 Å². The predicted octanol–water partition coefficient (Wildman–Crippen LogP) is 1.50. The molecule has 0 heterocycles. The van der Waals surface area contributed by atoms with Crippen molar-refractivity contribution in [1.29, 1.82) is 5.26 Å². The molecule has 2 heteroatoms. The summed E-state index contributed by atoms with van der Waals surface area (Å²) in [7, 11) is 0. The van der Waals surface area contributed by atoms with Crippen molar-refractivity contribution in [2.45, 2.75) is 0 Å². The van der Waals surface area contributed by atoms with E-state index >= 15 is 0 Å². The molecule has 0 aliphatic rings. The highest BCUT2D eigenvalue weighted by Crippen LogP contribution is 1.99. The van der Waals surface area contributed by atoms with Crippen LogP contribution < -0.4 is 0 Å². The molecule has 0 fully saturated rings. The van der Waals surface area contributed by atoms with Gasteiger partial charge in [0.15, 0.2) is 0 Å². The van der Waals surface area contributed by atoms with Gasteiger partial charge in [-0.2, -0.15) is 5.26 Å². The number of nitriles is 1. The third-order valence-electron chi connectivity index (χ3n) is 0.883. The van der Waals surface area contributed by atoms with Gasteiger partial charge in [0.25, 0.3) is 0 Å². The van der Waals surface area contributed by atoms with Gasteiger partial charge >= 0.3 is 0 Å². The molecule has 0 aliphatic carbocycles. The molecule has 1 radical (unpaired) electrons. The molecule has 1 aromatic carbocycles. The Kier molecular flexibility index (Phi) is 1.46. The topological polar surface area (TPSA) is 23.8 Å². The quantitative estimate of drug-likeness (QED) is 0.509. The fraction of sp³-hybridized carbons (Fsp3) is 0. The zero-order chi connectivity index (χ0) is 6.69. The van der Waals surface area contributed by atoms with Gasteiger partial charge in [0, 0.05) is 0 Å². The smallest absolute Gasteiger partial charge is 0.125 e. The van der Waals surface area contributed by atoms with Crippen LogP contribution in [0.25, 0.3) is 0 Å². The van der Waals surface area contributed by atoms with Crippen LogP contribution in [0.4, 0.5) is 4.39 Å². The maximum Gasteiger partial charge on any atom is 0.125 e. The molecule has 1 rings (SSSR count). The van der Waals surface area contributed by atoms with Gasteiger partial charge in [-0.15, -0.1) is 0 Å². The predicted molar refractivity (Wildman–Crippen MR) is 30.0 cm³/mol. The van der Waals surface area contributed by atoms with E-state index in [2.05, 4.69) is 6.07 Å². The lowest BCUT2D eigenvalue weighted by atomic mass is 10.2. The minimum atomic E-state index is -0.422. The molecular formula is C7H3FN. The number of benzene rings is 1. The zero-order valence-electron chi connectivity index (χ0n) is 4.56. The molecule has 0 aromatic heterocycles. The Morgan fingerprint density at radius 2 is 2.33 bits per heavy atom. The van der Waals surface area contributed by atoms with Crippen LogP contribution in [0.2, 0.25) is 0 Å². The summed E-state index contributed by atoms with van der Waals surface area (Å²) in [6.45, 7) is 0. The van der Waals surface area contributed by atoms with E-state index in [0.29, 0.717) is 5.56 Å².